The van der Waals surface area contributed by atoms with E-state index in [1.54, 1.807) is 0 Å². The van der Waals surface area contributed by atoms with Crippen LogP contribution in [0, 0.1) is 10.8 Å². The molecule has 0 radical (unpaired) electrons. The molecule has 0 aromatic heterocycles. The van der Waals surface area contributed by atoms with Crippen molar-refractivity contribution >= 4 is 17.7 Å². The molecule has 1 rings (SSSR count). The topological polar surface area (TPSA) is 29.1 Å². The summed E-state index contributed by atoms with van der Waals surface area (Å²) in [6.45, 7) is 11.7. The average molecular weight is 271 g/mol. The number of hydrogen-bond acceptors (Lipinski definition) is 2. The second-order valence-electron chi connectivity index (χ2n) is 7.22. The van der Waals surface area contributed by atoms with Crippen LogP contribution in [0.4, 0.5) is 0 Å². The third kappa shape index (κ3) is 5.64. The Morgan fingerprint density at radius 2 is 2.00 bits per heavy atom. The number of thioether (sulfide) groups is 1. The predicted octanol–water partition coefficient (Wildman–Crippen LogP) is 3.85. The molecule has 1 amide bonds. The molecular formula is C15H29NOS. The zero-order valence-corrected chi connectivity index (χ0v) is 13.5. The average Bonchev–Trinajstić information content (AvgIpc) is 2.62. The maximum Gasteiger partial charge on any atom is 0.220 e. The van der Waals surface area contributed by atoms with E-state index >= 15 is 0 Å². The molecule has 18 heavy (non-hydrogen) atoms. The molecule has 0 saturated carbocycles. The molecule has 3 heteroatoms. The minimum absolute atomic E-state index is 0.230. The first kappa shape index (κ1) is 15.9. The minimum atomic E-state index is 0.230. The second kappa shape index (κ2) is 6.31. The van der Waals surface area contributed by atoms with Crippen molar-refractivity contribution in [2.24, 2.45) is 10.8 Å². The maximum absolute atomic E-state index is 11.1. The van der Waals surface area contributed by atoms with Gasteiger partial charge in [-0.15, -0.1) is 0 Å². The van der Waals surface area contributed by atoms with Crippen LogP contribution in [0.25, 0.3) is 0 Å². The molecule has 106 valence electrons. The van der Waals surface area contributed by atoms with Gasteiger partial charge < -0.3 is 5.32 Å². The lowest BCUT2D eigenvalue weighted by molar-refractivity contribution is -0.119. The quantitative estimate of drug-likeness (QED) is 0.795. The van der Waals surface area contributed by atoms with Crippen molar-refractivity contribution in [1.82, 2.24) is 5.32 Å². The van der Waals surface area contributed by atoms with Gasteiger partial charge in [0.05, 0.1) is 0 Å². The fourth-order valence-corrected chi connectivity index (χ4v) is 4.26. The highest BCUT2D eigenvalue weighted by molar-refractivity contribution is 7.99. The molecule has 1 N–H and O–H groups in total. The summed E-state index contributed by atoms with van der Waals surface area (Å²) in [7, 11) is 0. The molecular weight excluding hydrogens is 242 g/mol. The fraction of sp³-hybridized carbons (Fsp3) is 0.933. The Balaban J connectivity index is 2.32. The summed E-state index contributed by atoms with van der Waals surface area (Å²) < 4.78 is 0. The summed E-state index contributed by atoms with van der Waals surface area (Å²) in [5.74, 6) is 2.51. The summed E-state index contributed by atoms with van der Waals surface area (Å²) in [6, 6.07) is 0.415. The van der Waals surface area contributed by atoms with Gasteiger partial charge in [-0.25, -0.2) is 0 Å². The Morgan fingerprint density at radius 3 is 2.44 bits per heavy atom. The lowest BCUT2D eigenvalue weighted by Crippen LogP contribution is -2.29. The van der Waals surface area contributed by atoms with Gasteiger partial charge in [-0.1, -0.05) is 34.6 Å². The third-order valence-corrected chi connectivity index (χ3v) is 5.20. The van der Waals surface area contributed by atoms with Gasteiger partial charge in [0.25, 0.3) is 0 Å². The van der Waals surface area contributed by atoms with E-state index in [9.17, 15) is 4.79 Å². The Hall–Kier alpha value is -0.180. The Bertz CT molecular complexity index is 285. The van der Waals surface area contributed by atoms with Gasteiger partial charge in [-0.2, -0.15) is 11.8 Å². The van der Waals surface area contributed by atoms with Gasteiger partial charge in [0.15, 0.2) is 0 Å². The summed E-state index contributed by atoms with van der Waals surface area (Å²) in [6.07, 6.45) is 4.24. The Kier molecular flexibility index (Phi) is 5.57. The fourth-order valence-electron chi connectivity index (χ4n) is 2.81. The van der Waals surface area contributed by atoms with Crippen LogP contribution >= 0.6 is 11.8 Å². The van der Waals surface area contributed by atoms with E-state index in [1.807, 2.05) is 11.8 Å². The molecule has 0 bridgehead atoms. The molecule has 0 spiro atoms. The molecule has 2 unspecified atom stereocenters. The second-order valence-corrected chi connectivity index (χ2v) is 8.25. The van der Waals surface area contributed by atoms with E-state index in [0.717, 1.165) is 18.6 Å². The highest BCUT2D eigenvalue weighted by Crippen LogP contribution is 2.38. The predicted molar refractivity (Wildman–Crippen MR) is 81.0 cm³/mol. The van der Waals surface area contributed by atoms with Crippen LogP contribution < -0.4 is 5.32 Å². The van der Waals surface area contributed by atoms with Gasteiger partial charge in [-0.3, -0.25) is 4.79 Å². The Morgan fingerprint density at radius 1 is 1.33 bits per heavy atom. The van der Waals surface area contributed by atoms with Gasteiger partial charge in [0.2, 0.25) is 5.91 Å². The number of nitrogens with one attached hydrogen (secondary N) is 1. The molecule has 1 saturated heterocycles. The van der Waals surface area contributed by atoms with Gasteiger partial charge in [0, 0.05) is 18.2 Å². The van der Waals surface area contributed by atoms with E-state index < -0.39 is 0 Å². The summed E-state index contributed by atoms with van der Waals surface area (Å²) in [4.78, 5) is 11.1. The van der Waals surface area contributed by atoms with Crippen LogP contribution in [-0.2, 0) is 4.79 Å². The molecule has 2 nitrogen and oxygen atoms in total. The standard InChI is InChI=1S/C15H29NOS/c1-6-15(5,10-14(2,3)4)11-18-9-12-7-8-13(17)16-12/h12H,6-11H2,1-5H3,(H,16,17). The van der Waals surface area contributed by atoms with Crippen molar-refractivity contribution < 1.29 is 4.79 Å². The largest absolute Gasteiger partial charge is 0.353 e. The monoisotopic (exact) mass is 271 g/mol. The molecule has 0 aromatic carbocycles. The number of amides is 1. The highest BCUT2D eigenvalue weighted by Gasteiger charge is 2.29. The zero-order valence-electron chi connectivity index (χ0n) is 12.6. The lowest BCUT2D eigenvalue weighted by atomic mass is 9.75. The van der Waals surface area contributed by atoms with Crippen LogP contribution in [0.15, 0.2) is 0 Å². The van der Waals surface area contributed by atoms with E-state index in [1.165, 1.54) is 18.6 Å². The maximum atomic E-state index is 11.1. The lowest BCUT2D eigenvalue weighted by Gasteiger charge is -2.35. The summed E-state index contributed by atoms with van der Waals surface area (Å²) in [5.41, 5.74) is 0.818. The summed E-state index contributed by atoms with van der Waals surface area (Å²) >= 11 is 2.01. The smallest absolute Gasteiger partial charge is 0.220 e. The van der Waals surface area contributed by atoms with Crippen LogP contribution in [0.3, 0.4) is 0 Å². The number of hydrogen-bond donors (Lipinski definition) is 1. The normalized spacial score (nSPS) is 23.8. The van der Waals surface area contributed by atoms with E-state index in [2.05, 4.69) is 39.9 Å². The van der Waals surface area contributed by atoms with Gasteiger partial charge in [0.1, 0.15) is 0 Å². The van der Waals surface area contributed by atoms with Crippen molar-refractivity contribution in [2.75, 3.05) is 11.5 Å². The highest BCUT2D eigenvalue weighted by atomic mass is 32.2. The summed E-state index contributed by atoms with van der Waals surface area (Å²) in [5, 5.41) is 3.05. The van der Waals surface area contributed by atoms with Crippen LogP contribution in [-0.4, -0.2) is 23.5 Å². The van der Waals surface area contributed by atoms with E-state index in [0.29, 0.717) is 16.9 Å². The van der Waals surface area contributed by atoms with E-state index in [-0.39, 0.29) is 5.91 Å². The van der Waals surface area contributed by atoms with Crippen molar-refractivity contribution in [3.63, 3.8) is 0 Å². The first-order chi connectivity index (χ1) is 8.24. The van der Waals surface area contributed by atoms with Crippen molar-refractivity contribution in [1.29, 1.82) is 0 Å². The number of rotatable bonds is 6. The number of carbonyl (C=O) groups is 1. The zero-order chi connectivity index (χ0) is 13.8. The third-order valence-electron chi connectivity index (χ3n) is 3.67. The SMILES string of the molecule is CCC(C)(CSCC1CCC(=O)N1)CC(C)(C)C. The number of carbonyl (C=O) groups excluding carboxylic acids is 1. The van der Waals surface area contributed by atoms with Gasteiger partial charge >= 0.3 is 0 Å². The van der Waals surface area contributed by atoms with Crippen molar-refractivity contribution in [3.8, 4) is 0 Å². The molecule has 1 fully saturated rings. The van der Waals surface area contributed by atoms with E-state index in [4.69, 9.17) is 0 Å². The molecule has 1 aliphatic rings. The first-order valence-electron chi connectivity index (χ1n) is 7.11. The molecule has 0 aliphatic carbocycles. The van der Waals surface area contributed by atoms with Crippen LogP contribution in [0.1, 0.15) is 60.3 Å². The molecule has 0 aromatic rings. The molecule has 2 atom stereocenters. The van der Waals surface area contributed by atoms with Crippen molar-refractivity contribution in [2.45, 2.75) is 66.3 Å². The van der Waals surface area contributed by atoms with Gasteiger partial charge in [-0.05, 0) is 35.8 Å². The molecule has 1 aliphatic heterocycles. The molecule has 1 heterocycles. The van der Waals surface area contributed by atoms with Crippen LogP contribution in [0.2, 0.25) is 0 Å². The first-order valence-corrected chi connectivity index (χ1v) is 8.27. The van der Waals surface area contributed by atoms with Crippen molar-refractivity contribution in [3.05, 3.63) is 0 Å². The van der Waals surface area contributed by atoms with Crippen LogP contribution in [0.5, 0.6) is 0 Å². The Labute approximate surface area is 117 Å². The minimum Gasteiger partial charge on any atom is -0.353 e.